The maximum absolute atomic E-state index is 13.7. The second-order valence-electron chi connectivity index (χ2n) is 12.1. The SMILES string of the molecule is C[C@@H]1NC(=O)[C@H](NC(=O)[C@@H](N)Cc2ccc(O)cc2)C(C)(C)SSC(C)(C)[C@H](C(=O)O)NC(=O)C(Cc2ccccc2)NC1=O. The molecule has 0 aromatic heterocycles. The maximum atomic E-state index is 13.7. The molecule has 1 aliphatic heterocycles. The van der Waals surface area contributed by atoms with Crippen LogP contribution in [0, 0.1) is 0 Å². The number of carboxylic acids is 1. The molecule has 1 heterocycles. The lowest BCUT2D eigenvalue weighted by Gasteiger charge is -2.38. The fourth-order valence-corrected chi connectivity index (χ4v) is 7.40. The number of amides is 4. The molecule has 1 aliphatic rings. The van der Waals surface area contributed by atoms with Crippen molar-refractivity contribution in [2.24, 2.45) is 5.73 Å². The largest absolute Gasteiger partial charge is 0.508 e. The summed E-state index contributed by atoms with van der Waals surface area (Å²) in [5, 5.41) is 30.3. The summed E-state index contributed by atoms with van der Waals surface area (Å²) < 4.78 is -2.16. The molecular formula is C31H41N5O7S2. The lowest BCUT2D eigenvalue weighted by molar-refractivity contribution is -0.143. The van der Waals surface area contributed by atoms with E-state index in [0.717, 1.165) is 16.4 Å². The number of hydrogen-bond acceptors (Lipinski definition) is 9. The topological polar surface area (TPSA) is 200 Å². The molecule has 12 nitrogen and oxygen atoms in total. The third-order valence-corrected chi connectivity index (χ3v) is 11.6. The van der Waals surface area contributed by atoms with Crippen molar-refractivity contribution >= 4 is 51.2 Å². The standard InChI is InChI=1S/C31H41N5O7S2/c1-17-25(38)34-22(16-18-9-7-6-8-10-18)27(40)36-24(29(42)43)31(4,5)45-44-30(2,3)23(28(41)33-17)35-26(39)21(32)15-19-11-13-20(37)14-12-19/h6-14,17,21-24,37H,15-16,32H2,1-5H3,(H,33,41)(H,34,38)(H,35,39)(H,36,40)(H,42,43)/t17-,21-,22?,23-,24-/m0/s1. The van der Waals surface area contributed by atoms with E-state index in [-0.39, 0.29) is 18.6 Å². The van der Waals surface area contributed by atoms with Gasteiger partial charge in [0.1, 0.15) is 29.9 Å². The Morgan fingerprint density at radius 3 is 2.07 bits per heavy atom. The highest BCUT2D eigenvalue weighted by atomic mass is 33.1. The number of hydrogen-bond donors (Lipinski definition) is 7. The van der Waals surface area contributed by atoms with Crippen LogP contribution in [0.4, 0.5) is 0 Å². The summed E-state index contributed by atoms with van der Waals surface area (Å²) in [5.41, 5.74) is 7.63. The number of rotatable bonds is 7. The van der Waals surface area contributed by atoms with Gasteiger partial charge in [-0.3, -0.25) is 19.2 Å². The lowest BCUT2D eigenvalue weighted by atomic mass is 9.99. The highest BCUT2D eigenvalue weighted by Crippen LogP contribution is 2.46. The second-order valence-corrected chi connectivity index (χ2v) is 15.5. The number of aromatic hydroxyl groups is 1. The molecule has 0 bridgehead atoms. The van der Waals surface area contributed by atoms with Gasteiger partial charge in [-0.1, -0.05) is 64.1 Å². The molecule has 4 amide bonds. The summed E-state index contributed by atoms with van der Waals surface area (Å²) in [7, 11) is 2.32. The summed E-state index contributed by atoms with van der Waals surface area (Å²) in [4.78, 5) is 66.2. The van der Waals surface area contributed by atoms with Crippen LogP contribution in [0.25, 0.3) is 0 Å². The van der Waals surface area contributed by atoms with Crippen molar-refractivity contribution in [1.29, 1.82) is 0 Å². The number of nitrogens with one attached hydrogen (secondary N) is 4. The molecule has 14 heteroatoms. The van der Waals surface area contributed by atoms with Gasteiger partial charge in [-0.15, -0.1) is 0 Å². The zero-order valence-corrected chi connectivity index (χ0v) is 27.5. The van der Waals surface area contributed by atoms with Gasteiger partial charge < -0.3 is 37.2 Å². The van der Waals surface area contributed by atoms with E-state index < -0.39 is 69.3 Å². The highest BCUT2D eigenvalue weighted by molar-refractivity contribution is 8.77. The van der Waals surface area contributed by atoms with Gasteiger partial charge >= 0.3 is 5.97 Å². The predicted octanol–water partition coefficient (Wildman–Crippen LogP) is 1.50. The summed E-state index contributed by atoms with van der Waals surface area (Å²) >= 11 is 0. The molecule has 244 valence electrons. The van der Waals surface area contributed by atoms with Crippen LogP contribution < -0.4 is 27.0 Å². The first-order valence-corrected chi connectivity index (χ1v) is 16.5. The van der Waals surface area contributed by atoms with E-state index in [2.05, 4.69) is 21.3 Å². The van der Waals surface area contributed by atoms with Crippen LogP contribution in [0.5, 0.6) is 5.75 Å². The van der Waals surface area contributed by atoms with Crippen molar-refractivity contribution in [2.45, 2.75) is 87.2 Å². The molecule has 0 spiro atoms. The first-order valence-electron chi connectivity index (χ1n) is 14.4. The Balaban J connectivity index is 1.93. The molecule has 5 atom stereocenters. The van der Waals surface area contributed by atoms with Gasteiger partial charge in [0.2, 0.25) is 23.6 Å². The smallest absolute Gasteiger partial charge is 0.327 e. The van der Waals surface area contributed by atoms with Crippen LogP contribution >= 0.6 is 21.6 Å². The lowest BCUT2D eigenvalue weighted by Crippen LogP contribution is -2.63. The quantitative estimate of drug-likeness (QED) is 0.214. The molecule has 2 aromatic rings. The average Bonchev–Trinajstić information content (AvgIpc) is 2.97. The van der Waals surface area contributed by atoms with Gasteiger partial charge in [-0.05, 0) is 64.3 Å². The number of phenols is 1. The van der Waals surface area contributed by atoms with Crippen molar-refractivity contribution in [1.82, 2.24) is 21.3 Å². The molecule has 0 radical (unpaired) electrons. The van der Waals surface area contributed by atoms with Crippen LogP contribution in [-0.2, 0) is 36.8 Å². The van der Waals surface area contributed by atoms with Crippen LogP contribution in [0.15, 0.2) is 54.6 Å². The first-order chi connectivity index (χ1) is 21.0. The number of aliphatic carboxylic acids is 1. The molecule has 1 unspecified atom stereocenters. The first kappa shape index (κ1) is 35.7. The Morgan fingerprint density at radius 1 is 0.867 bits per heavy atom. The molecular weight excluding hydrogens is 619 g/mol. The fourth-order valence-electron chi connectivity index (χ4n) is 4.59. The molecule has 1 saturated heterocycles. The zero-order valence-electron chi connectivity index (χ0n) is 25.8. The monoisotopic (exact) mass is 659 g/mol. The van der Waals surface area contributed by atoms with E-state index in [4.69, 9.17) is 5.73 Å². The Hall–Kier alpha value is -3.75. The van der Waals surface area contributed by atoms with Gasteiger partial charge in [-0.2, -0.15) is 0 Å². The molecule has 45 heavy (non-hydrogen) atoms. The number of carbonyl (C=O) groups excluding carboxylic acids is 4. The molecule has 1 fully saturated rings. The Labute approximate surface area is 270 Å². The van der Waals surface area contributed by atoms with Gasteiger partial charge in [0.05, 0.1) is 10.8 Å². The fraction of sp³-hybridized carbons (Fsp3) is 0.452. The van der Waals surface area contributed by atoms with Crippen molar-refractivity contribution in [3.8, 4) is 5.75 Å². The van der Waals surface area contributed by atoms with E-state index in [0.29, 0.717) is 5.56 Å². The molecule has 2 aromatic carbocycles. The molecule has 3 rings (SSSR count). The summed E-state index contributed by atoms with van der Waals surface area (Å²) in [5.74, 6) is -3.82. The van der Waals surface area contributed by atoms with E-state index in [1.165, 1.54) is 29.9 Å². The van der Waals surface area contributed by atoms with Crippen LogP contribution in [0.1, 0.15) is 45.7 Å². The van der Waals surface area contributed by atoms with Gasteiger partial charge in [0, 0.05) is 11.2 Å². The second kappa shape index (κ2) is 15.0. The minimum absolute atomic E-state index is 0.0709. The van der Waals surface area contributed by atoms with Gasteiger partial charge in [0.25, 0.3) is 0 Å². The summed E-state index contributed by atoms with van der Waals surface area (Å²) in [6, 6.07) is 9.32. The van der Waals surface area contributed by atoms with Crippen molar-refractivity contribution in [2.75, 3.05) is 0 Å². The van der Waals surface area contributed by atoms with Crippen LogP contribution in [0.3, 0.4) is 0 Å². The van der Waals surface area contributed by atoms with Crippen molar-refractivity contribution in [3.05, 3.63) is 65.7 Å². The van der Waals surface area contributed by atoms with E-state index in [1.54, 1.807) is 64.1 Å². The number of phenolic OH excluding ortho intramolecular Hbond substituents is 1. The minimum atomic E-state index is -1.37. The Morgan fingerprint density at radius 2 is 1.47 bits per heavy atom. The normalized spacial score (nSPS) is 24.6. The third-order valence-electron chi connectivity index (χ3n) is 7.34. The summed E-state index contributed by atoms with van der Waals surface area (Å²) in [6.07, 6.45) is 0.218. The molecule has 0 saturated carbocycles. The van der Waals surface area contributed by atoms with Crippen molar-refractivity contribution < 1.29 is 34.2 Å². The van der Waals surface area contributed by atoms with Crippen LogP contribution in [-0.4, -0.2) is 79.5 Å². The average molecular weight is 660 g/mol. The van der Waals surface area contributed by atoms with Crippen LogP contribution in [0.2, 0.25) is 0 Å². The number of carbonyl (C=O) groups is 5. The van der Waals surface area contributed by atoms with E-state index in [1.807, 2.05) is 6.07 Å². The number of benzene rings is 2. The number of nitrogens with two attached hydrogens (primary N) is 1. The van der Waals surface area contributed by atoms with E-state index in [9.17, 15) is 34.2 Å². The molecule has 8 N–H and O–H groups in total. The summed E-state index contributed by atoms with van der Waals surface area (Å²) in [6.45, 7) is 8.17. The predicted molar refractivity (Wildman–Crippen MR) is 174 cm³/mol. The Kier molecular flexibility index (Phi) is 11.9. The molecule has 0 aliphatic carbocycles. The number of carboxylic acid groups (broad SMARTS) is 1. The maximum Gasteiger partial charge on any atom is 0.327 e. The highest BCUT2D eigenvalue weighted by Gasteiger charge is 2.45. The van der Waals surface area contributed by atoms with Gasteiger partial charge in [0.15, 0.2) is 0 Å². The minimum Gasteiger partial charge on any atom is -0.508 e. The Bertz CT molecular complexity index is 1390. The third kappa shape index (κ3) is 9.87. The zero-order chi connectivity index (χ0) is 33.5. The van der Waals surface area contributed by atoms with Crippen molar-refractivity contribution in [3.63, 3.8) is 0 Å². The van der Waals surface area contributed by atoms with E-state index >= 15 is 0 Å². The van der Waals surface area contributed by atoms with Gasteiger partial charge in [-0.25, -0.2) is 4.79 Å².